The van der Waals surface area contributed by atoms with E-state index in [1.54, 1.807) is 0 Å². The molecule has 1 fully saturated rings. The number of anilines is 1. The van der Waals surface area contributed by atoms with E-state index in [-0.39, 0.29) is 11.9 Å². The second kappa shape index (κ2) is 7.79. The topological polar surface area (TPSA) is 41.6 Å². The van der Waals surface area contributed by atoms with Crippen molar-refractivity contribution in [3.8, 4) is 0 Å². The van der Waals surface area contributed by atoms with Crippen LogP contribution in [-0.4, -0.2) is 37.1 Å². The number of hydrogen-bond donors (Lipinski definition) is 1. The van der Waals surface area contributed by atoms with Crippen molar-refractivity contribution in [1.82, 2.24) is 4.90 Å². The van der Waals surface area contributed by atoms with Crippen LogP contribution in [0.25, 0.3) is 0 Å². The second-order valence-electron chi connectivity index (χ2n) is 5.91. The van der Waals surface area contributed by atoms with Crippen molar-refractivity contribution >= 4 is 23.2 Å². The normalized spacial score (nSPS) is 16.6. The third-order valence-corrected chi connectivity index (χ3v) is 4.50. The predicted molar refractivity (Wildman–Crippen MR) is 96.4 cm³/mol. The van der Waals surface area contributed by atoms with E-state index < -0.39 is 0 Å². The van der Waals surface area contributed by atoms with Crippen molar-refractivity contribution < 1.29 is 9.53 Å². The average Bonchev–Trinajstić information content (AvgIpc) is 2.60. The number of carbonyl (C=O) groups excluding carboxylic acids is 1. The minimum absolute atomic E-state index is 0.0338. The van der Waals surface area contributed by atoms with Gasteiger partial charge < -0.3 is 10.1 Å². The van der Waals surface area contributed by atoms with E-state index in [2.05, 4.69) is 10.2 Å². The summed E-state index contributed by atoms with van der Waals surface area (Å²) in [7, 11) is 0. The maximum atomic E-state index is 13.0. The van der Waals surface area contributed by atoms with Gasteiger partial charge in [-0.1, -0.05) is 41.9 Å². The molecule has 24 heavy (non-hydrogen) atoms. The predicted octanol–water partition coefficient (Wildman–Crippen LogP) is 3.66. The number of ether oxygens (including phenoxy) is 1. The van der Waals surface area contributed by atoms with Crippen LogP contribution in [0.1, 0.15) is 17.2 Å². The molecule has 2 aromatic carbocycles. The summed E-state index contributed by atoms with van der Waals surface area (Å²) in [5.74, 6) is -0.0338. The molecular formula is C19H21ClN2O2. The van der Waals surface area contributed by atoms with Gasteiger partial charge in [0.15, 0.2) is 0 Å². The van der Waals surface area contributed by atoms with Crippen LogP contribution >= 0.6 is 11.6 Å². The fourth-order valence-corrected chi connectivity index (χ4v) is 3.05. The van der Waals surface area contributed by atoms with Gasteiger partial charge >= 0.3 is 0 Å². The van der Waals surface area contributed by atoms with Gasteiger partial charge in [0.05, 0.1) is 13.2 Å². The molecule has 126 valence electrons. The van der Waals surface area contributed by atoms with Gasteiger partial charge in [-0.15, -0.1) is 0 Å². The number of para-hydroxylation sites is 1. The van der Waals surface area contributed by atoms with Crippen molar-refractivity contribution in [2.75, 3.05) is 31.6 Å². The number of aryl methyl sites for hydroxylation is 1. The summed E-state index contributed by atoms with van der Waals surface area (Å²) in [6.45, 7) is 4.73. The number of nitrogens with zero attached hydrogens (tertiary/aromatic N) is 1. The highest BCUT2D eigenvalue weighted by atomic mass is 35.5. The van der Waals surface area contributed by atoms with Crippen LogP contribution in [0.2, 0.25) is 5.02 Å². The van der Waals surface area contributed by atoms with Gasteiger partial charge in [0, 0.05) is 23.8 Å². The van der Waals surface area contributed by atoms with Crippen LogP contribution in [0.5, 0.6) is 0 Å². The Morgan fingerprint density at radius 1 is 1.12 bits per heavy atom. The van der Waals surface area contributed by atoms with Crippen molar-refractivity contribution in [2.24, 2.45) is 0 Å². The molecule has 0 saturated carbocycles. The Labute approximate surface area is 147 Å². The molecule has 0 radical (unpaired) electrons. The molecule has 3 rings (SSSR count). The summed E-state index contributed by atoms with van der Waals surface area (Å²) in [4.78, 5) is 15.2. The Morgan fingerprint density at radius 2 is 1.79 bits per heavy atom. The summed E-state index contributed by atoms with van der Waals surface area (Å²) in [5, 5.41) is 3.73. The van der Waals surface area contributed by atoms with Gasteiger partial charge in [-0.3, -0.25) is 9.69 Å². The zero-order valence-corrected chi connectivity index (χ0v) is 14.4. The molecule has 1 saturated heterocycles. The second-order valence-corrected chi connectivity index (χ2v) is 6.34. The first-order valence-electron chi connectivity index (χ1n) is 8.09. The standard InChI is InChI=1S/C19H21ClN2O2/c1-14-4-2-3-5-17(14)21-19(23)18(22-10-12-24-13-11-22)15-6-8-16(20)9-7-15/h2-9,18H,10-13H2,1H3,(H,21,23). The molecule has 1 unspecified atom stereocenters. The van der Waals surface area contributed by atoms with Crippen molar-refractivity contribution in [3.05, 3.63) is 64.7 Å². The van der Waals surface area contributed by atoms with E-state index in [0.717, 1.165) is 29.9 Å². The molecule has 1 aliphatic rings. The summed E-state index contributed by atoms with van der Waals surface area (Å²) in [6.07, 6.45) is 0. The van der Waals surface area contributed by atoms with Crippen LogP contribution in [0.4, 0.5) is 5.69 Å². The number of nitrogens with one attached hydrogen (secondary N) is 1. The summed E-state index contributed by atoms with van der Waals surface area (Å²) in [6, 6.07) is 14.9. The Hall–Kier alpha value is -1.88. The quantitative estimate of drug-likeness (QED) is 0.920. The van der Waals surface area contributed by atoms with Crippen LogP contribution in [0.15, 0.2) is 48.5 Å². The SMILES string of the molecule is Cc1ccccc1NC(=O)C(c1ccc(Cl)cc1)N1CCOCC1. The lowest BCUT2D eigenvalue weighted by Gasteiger charge is -2.34. The van der Waals surface area contributed by atoms with Crippen molar-refractivity contribution in [1.29, 1.82) is 0 Å². The number of morpholine rings is 1. The van der Waals surface area contributed by atoms with E-state index in [1.165, 1.54) is 0 Å². The lowest BCUT2D eigenvalue weighted by molar-refractivity contribution is -0.123. The zero-order valence-electron chi connectivity index (χ0n) is 13.7. The first-order chi connectivity index (χ1) is 11.6. The van der Waals surface area contributed by atoms with Crippen LogP contribution in [-0.2, 0) is 9.53 Å². The fraction of sp³-hybridized carbons (Fsp3) is 0.316. The van der Waals surface area contributed by atoms with Gasteiger partial charge in [0.2, 0.25) is 5.91 Å². The number of carbonyl (C=O) groups is 1. The van der Waals surface area contributed by atoms with Gasteiger partial charge in [-0.2, -0.15) is 0 Å². The van der Waals surface area contributed by atoms with Gasteiger partial charge in [0.1, 0.15) is 6.04 Å². The minimum atomic E-state index is -0.356. The number of rotatable bonds is 4. The average molecular weight is 345 g/mol. The molecule has 2 aromatic rings. The molecule has 0 spiro atoms. The number of hydrogen-bond acceptors (Lipinski definition) is 3. The smallest absolute Gasteiger partial charge is 0.246 e. The highest BCUT2D eigenvalue weighted by Gasteiger charge is 2.29. The first-order valence-corrected chi connectivity index (χ1v) is 8.47. The van der Waals surface area contributed by atoms with Gasteiger partial charge in [-0.25, -0.2) is 0 Å². The highest BCUT2D eigenvalue weighted by molar-refractivity contribution is 6.30. The molecule has 0 bridgehead atoms. The first kappa shape index (κ1) is 17.0. The monoisotopic (exact) mass is 344 g/mol. The minimum Gasteiger partial charge on any atom is -0.379 e. The Bertz CT molecular complexity index is 697. The van der Waals surface area contributed by atoms with E-state index >= 15 is 0 Å². The molecule has 1 aliphatic heterocycles. The molecule has 1 atom stereocenters. The van der Waals surface area contributed by atoms with Crippen LogP contribution in [0.3, 0.4) is 0 Å². The maximum Gasteiger partial charge on any atom is 0.246 e. The number of benzene rings is 2. The van der Waals surface area contributed by atoms with Crippen molar-refractivity contribution in [2.45, 2.75) is 13.0 Å². The maximum absolute atomic E-state index is 13.0. The van der Waals surface area contributed by atoms with E-state index in [4.69, 9.17) is 16.3 Å². The van der Waals surface area contributed by atoms with Crippen LogP contribution < -0.4 is 5.32 Å². The third-order valence-electron chi connectivity index (χ3n) is 4.25. The Morgan fingerprint density at radius 3 is 2.46 bits per heavy atom. The lowest BCUT2D eigenvalue weighted by Crippen LogP contribution is -2.43. The summed E-state index contributed by atoms with van der Waals surface area (Å²) < 4.78 is 5.43. The van der Waals surface area contributed by atoms with E-state index in [9.17, 15) is 4.79 Å². The largest absolute Gasteiger partial charge is 0.379 e. The van der Waals surface area contributed by atoms with Crippen LogP contribution in [0, 0.1) is 6.92 Å². The molecule has 1 heterocycles. The highest BCUT2D eigenvalue weighted by Crippen LogP contribution is 2.26. The fourth-order valence-electron chi connectivity index (χ4n) is 2.92. The molecule has 5 heteroatoms. The molecule has 1 N–H and O–H groups in total. The van der Waals surface area contributed by atoms with Gasteiger partial charge in [0.25, 0.3) is 0 Å². The van der Waals surface area contributed by atoms with Gasteiger partial charge in [-0.05, 0) is 36.2 Å². The Balaban J connectivity index is 1.87. The van der Waals surface area contributed by atoms with E-state index in [1.807, 2.05) is 55.5 Å². The molecular weight excluding hydrogens is 324 g/mol. The van der Waals surface area contributed by atoms with E-state index in [0.29, 0.717) is 18.2 Å². The molecule has 4 nitrogen and oxygen atoms in total. The van der Waals surface area contributed by atoms with Crippen molar-refractivity contribution in [3.63, 3.8) is 0 Å². The molecule has 0 aromatic heterocycles. The third kappa shape index (κ3) is 3.96. The number of amides is 1. The summed E-state index contributed by atoms with van der Waals surface area (Å²) >= 11 is 6.00. The molecule has 1 amide bonds. The number of halogens is 1. The zero-order chi connectivity index (χ0) is 16.9. The Kier molecular flexibility index (Phi) is 5.51. The summed E-state index contributed by atoms with van der Waals surface area (Å²) in [5.41, 5.74) is 2.82. The lowest BCUT2D eigenvalue weighted by atomic mass is 10.0. The molecule has 0 aliphatic carbocycles.